The van der Waals surface area contributed by atoms with Gasteiger partial charge >= 0.3 is 24.3 Å². The topological polar surface area (TPSA) is 120 Å². The highest BCUT2D eigenvalue weighted by molar-refractivity contribution is 5.82. The fourth-order valence-corrected chi connectivity index (χ4v) is 4.01. The first kappa shape index (κ1) is 31.3. The summed E-state index contributed by atoms with van der Waals surface area (Å²) < 4.78 is 68.7. The van der Waals surface area contributed by atoms with E-state index in [-0.39, 0.29) is 5.92 Å². The number of methoxy groups -OCH3 is 1. The molecule has 214 valence electrons. The van der Waals surface area contributed by atoms with Crippen LogP contribution in [0, 0.1) is 11.8 Å². The molecule has 2 N–H and O–H groups in total. The Balaban J connectivity index is 0.000000317. The normalized spacial score (nSPS) is 18.8. The lowest BCUT2D eigenvalue weighted by Crippen LogP contribution is -2.32. The van der Waals surface area contributed by atoms with Crippen molar-refractivity contribution >= 4 is 17.8 Å². The Hall–Kier alpha value is -3.88. The molecule has 4 rings (SSSR count). The predicted octanol–water partition coefficient (Wildman–Crippen LogP) is 3.45. The van der Waals surface area contributed by atoms with Gasteiger partial charge in [-0.05, 0) is 29.3 Å². The number of carbonyl (C=O) groups excluding carboxylic acids is 1. The summed E-state index contributed by atoms with van der Waals surface area (Å²) in [6.45, 7) is 4.28. The van der Waals surface area contributed by atoms with E-state index in [9.17, 15) is 31.1 Å². The van der Waals surface area contributed by atoms with Gasteiger partial charge in [0.15, 0.2) is 0 Å². The van der Waals surface area contributed by atoms with Crippen LogP contribution in [0.2, 0.25) is 0 Å². The number of halogens is 6. The number of aliphatic carboxylic acids is 2. The molecule has 0 spiro atoms. The molecule has 3 heterocycles. The van der Waals surface area contributed by atoms with Crippen LogP contribution in [-0.2, 0) is 27.5 Å². The monoisotopic (exact) mass is 565 g/mol. The number of carboxylic acid groups (broad SMARTS) is 2. The summed E-state index contributed by atoms with van der Waals surface area (Å²) in [7, 11) is 1.66. The van der Waals surface area contributed by atoms with Crippen LogP contribution in [-0.4, -0.2) is 81.9 Å². The lowest BCUT2D eigenvalue weighted by atomic mass is 10.0. The zero-order valence-electron chi connectivity index (χ0n) is 20.4. The summed E-state index contributed by atoms with van der Waals surface area (Å²) in [5.41, 5.74) is 2.37. The molecule has 15 heteroatoms. The van der Waals surface area contributed by atoms with Gasteiger partial charge < -0.3 is 19.8 Å². The third kappa shape index (κ3) is 9.74. The SMILES string of the molecule is COc1ccc(CN2C[C@@H]3CN(Cc4cccnc4)C[C@@H]3C2=O)cc1.O=C(O)C(F)(F)F.O=C(O)C(F)(F)F. The molecule has 2 aliphatic heterocycles. The molecule has 39 heavy (non-hydrogen) atoms. The van der Waals surface area contributed by atoms with Crippen molar-refractivity contribution in [2.75, 3.05) is 26.7 Å². The molecule has 0 aliphatic carbocycles. The second-order valence-electron chi connectivity index (χ2n) is 8.59. The molecule has 1 aromatic carbocycles. The lowest BCUT2D eigenvalue weighted by Gasteiger charge is -2.21. The maximum absolute atomic E-state index is 12.8. The molecule has 9 nitrogen and oxygen atoms in total. The smallest absolute Gasteiger partial charge is 0.490 e. The largest absolute Gasteiger partial charge is 0.497 e. The number of hydrogen-bond acceptors (Lipinski definition) is 6. The summed E-state index contributed by atoms with van der Waals surface area (Å²) in [6.07, 6.45) is -6.46. The Kier molecular flexibility index (Phi) is 10.7. The van der Waals surface area contributed by atoms with Gasteiger partial charge in [-0.3, -0.25) is 14.7 Å². The van der Waals surface area contributed by atoms with E-state index < -0.39 is 24.3 Å². The van der Waals surface area contributed by atoms with Crippen molar-refractivity contribution in [1.29, 1.82) is 0 Å². The van der Waals surface area contributed by atoms with Gasteiger partial charge in [-0.15, -0.1) is 0 Å². The number of pyridine rings is 1. The zero-order valence-corrected chi connectivity index (χ0v) is 20.4. The number of aromatic nitrogens is 1. The summed E-state index contributed by atoms with van der Waals surface area (Å²) >= 11 is 0. The van der Waals surface area contributed by atoms with Crippen LogP contribution in [0.25, 0.3) is 0 Å². The van der Waals surface area contributed by atoms with E-state index in [0.29, 0.717) is 18.4 Å². The second-order valence-corrected chi connectivity index (χ2v) is 8.59. The number of hydrogen-bond donors (Lipinski definition) is 2. The molecule has 2 atom stereocenters. The van der Waals surface area contributed by atoms with Crippen molar-refractivity contribution in [3.8, 4) is 5.75 Å². The first-order valence-electron chi connectivity index (χ1n) is 11.2. The van der Waals surface area contributed by atoms with Crippen LogP contribution < -0.4 is 4.74 Å². The average Bonchev–Trinajstić information content (AvgIpc) is 3.37. The molecule has 0 bridgehead atoms. The van der Waals surface area contributed by atoms with Crippen molar-refractivity contribution in [2.24, 2.45) is 11.8 Å². The third-order valence-corrected chi connectivity index (χ3v) is 5.75. The fourth-order valence-electron chi connectivity index (χ4n) is 4.01. The van der Waals surface area contributed by atoms with Gasteiger partial charge in [0.05, 0.1) is 13.0 Å². The highest BCUT2D eigenvalue weighted by atomic mass is 19.4. The molecule has 2 aliphatic rings. The molecule has 1 amide bonds. The first-order valence-corrected chi connectivity index (χ1v) is 11.2. The predicted molar refractivity (Wildman–Crippen MR) is 122 cm³/mol. The van der Waals surface area contributed by atoms with Crippen LogP contribution in [0.4, 0.5) is 26.3 Å². The van der Waals surface area contributed by atoms with Crippen molar-refractivity contribution in [2.45, 2.75) is 25.4 Å². The Morgan fingerprint density at radius 2 is 1.49 bits per heavy atom. The van der Waals surface area contributed by atoms with E-state index in [1.807, 2.05) is 41.4 Å². The second kappa shape index (κ2) is 13.3. The van der Waals surface area contributed by atoms with E-state index in [4.69, 9.17) is 24.5 Å². The zero-order chi connectivity index (χ0) is 29.4. The molecule has 2 fully saturated rings. The highest BCUT2D eigenvalue weighted by Crippen LogP contribution is 2.33. The molecule has 0 radical (unpaired) electrons. The Labute approximate surface area is 218 Å². The van der Waals surface area contributed by atoms with Crippen molar-refractivity contribution < 1.29 is 55.7 Å². The minimum atomic E-state index is -5.08. The van der Waals surface area contributed by atoms with Crippen molar-refractivity contribution in [1.82, 2.24) is 14.8 Å². The number of carbonyl (C=O) groups is 3. The minimum Gasteiger partial charge on any atom is -0.497 e. The van der Waals surface area contributed by atoms with Gasteiger partial charge in [-0.1, -0.05) is 18.2 Å². The van der Waals surface area contributed by atoms with Crippen LogP contribution in [0.1, 0.15) is 11.1 Å². The quantitative estimate of drug-likeness (QED) is 0.530. The number of rotatable bonds is 5. The van der Waals surface area contributed by atoms with Gasteiger partial charge in [-0.25, -0.2) is 9.59 Å². The van der Waals surface area contributed by atoms with Crippen LogP contribution in [0.15, 0.2) is 48.8 Å². The van der Waals surface area contributed by atoms with Gasteiger partial charge in [0.25, 0.3) is 0 Å². The Morgan fingerprint density at radius 3 is 1.92 bits per heavy atom. The number of amides is 1. The molecule has 1 aromatic heterocycles. The molecule has 0 unspecified atom stereocenters. The maximum atomic E-state index is 12.8. The Morgan fingerprint density at radius 1 is 0.923 bits per heavy atom. The van der Waals surface area contributed by atoms with Crippen LogP contribution >= 0.6 is 0 Å². The number of fused-ring (bicyclic) bond motifs is 1. The standard InChI is InChI=1S/C20H23N3O2.2C2HF3O2/c1-25-18-6-4-15(5-7-18)11-23-13-17-12-22(14-19(17)20(23)24)10-16-3-2-8-21-9-16;2*3-2(4,5)1(6)7/h2-9,17,19H,10-14H2,1H3;2*(H,6,7)/t17-,19-;;/m0../s1. The summed E-state index contributed by atoms with van der Waals surface area (Å²) in [4.78, 5) is 39.1. The lowest BCUT2D eigenvalue weighted by molar-refractivity contribution is -0.193. The van der Waals surface area contributed by atoms with Gasteiger partial charge in [-0.2, -0.15) is 26.3 Å². The number of alkyl halides is 6. The van der Waals surface area contributed by atoms with E-state index >= 15 is 0 Å². The molecular weight excluding hydrogens is 540 g/mol. The summed E-state index contributed by atoms with van der Waals surface area (Å²) in [5.74, 6) is -3.77. The van der Waals surface area contributed by atoms with E-state index in [0.717, 1.165) is 37.5 Å². The summed E-state index contributed by atoms with van der Waals surface area (Å²) in [5, 5.41) is 14.2. The molecule has 2 saturated heterocycles. The first-order chi connectivity index (χ1) is 18.1. The minimum absolute atomic E-state index is 0.148. The van der Waals surface area contributed by atoms with Crippen molar-refractivity contribution in [3.63, 3.8) is 0 Å². The summed E-state index contributed by atoms with van der Waals surface area (Å²) in [6, 6.07) is 12.0. The molecule has 0 saturated carbocycles. The number of benzene rings is 1. The Bertz CT molecular complexity index is 1090. The van der Waals surface area contributed by atoms with E-state index in [1.54, 1.807) is 13.3 Å². The average molecular weight is 565 g/mol. The van der Waals surface area contributed by atoms with Gasteiger partial charge in [0, 0.05) is 51.0 Å². The number of likely N-dealkylation sites (tertiary alicyclic amines) is 2. The molecule has 2 aromatic rings. The van der Waals surface area contributed by atoms with Gasteiger partial charge in [0.1, 0.15) is 5.75 Å². The van der Waals surface area contributed by atoms with E-state index in [1.165, 1.54) is 5.56 Å². The fraction of sp³-hybridized carbons (Fsp3) is 0.417. The third-order valence-electron chi connectivity index (χ3n) is 5.75. The molecular formula is C24H25F6N3O6. The number of carboxylic acids is 2. The maximum Gasteiger partial charge on any atom is 0.490 e. The van der Waals surface area contributed by atoms with Crippen LogP contribution in [0.5, 0.6) is 5.75 Å². The number of nitrogens with zero attached hydrogens (tertiary/aromatic N) is 3. The number of ether oxygens (including phenoxy) is 1. The van der Waals surface area contributed by atoms with E-state index in [2.05, 4.69) is 16.0 Å². The van der Waals surface area contributed by atoms with Gasteiger partial charge in [0.2, 0.25) is 5.91 Å². The van der Waals surface area contributed by atoms with Crippen LogP contribution in [0.3, 0.4) is 0 Å². The van der Waals surface area contributed by atoms with Crippen molar-refractivity contribution in [3.05, 3.63) is 59.9 Å². The highest BCUT2D eigenvalue weighted by Gasteiger charge is 2.45.